The maximum absolute atomic E-state index is 12.8. The highest BCUT2D eigenvalue weighted by Gasteiger charge is 2.48. The summed E-state index contributed by atoms with van der Waals surface area (Å²) < 4.78 is 43.9. The number of carbonyl (C=O) groups is 1. The summed E-state index contributed by atoms with van der Waals surface area (Å²) in [6, 6.07) is 4.13. The van der Waals surface area contributed by atoms with Crippen molar-refractivity contribution in [2.45, 2.75) is 64.1 Å². The molecule has 2 aliphatic rings. The van der Waals surface area contributed by atoms with Crippen LogP contribution >= 0.6 is 0 Å². The first-order valence-corrected chi connectivity index (χ1v) is 9.00. The fraction of sp³-hybridized carbons (Fsp3) is 0.684. The van der Waals surface area contributed by atoms with Gasteiger partial charge in [-0.2, -0.15) is 13.2 Å². The molecule has 2 fully saturated rings. The Hall–Kier alpha value is -1.79. The van der Waals surface area contributed by atoms with Crippen LogP contribution in [0.1, 0.15) is 63.8 Å². The fourth-order valence-corrected chi connectivity index (χ4v) is 3.93. The standard InChI is InChI=1S/C19H25F3N2O2/c1-17(2,3)26-16(25)24-9-7-18(8-10-24)11-13(12-18)14-5-4-6-15(23-14)19(20,21)22/h4-6,13H,7-12H2,1-3H3. The van der Waals surface area contributed by atoms with Gasteiger partial charge in [0.1, 0.15) is 11.3 Å². The van der Waals surface area contributed by atoms with Gasteiger partial charge in [0.2, 0.25) is 0 Å². The molecule has 1 spiro atoms. The lowest BCUT2D eigenvalue weighted by atomic mass is 9.57. The molecule has 1 amide bonds. The first kappa shape index (κ1) is 19.0. The van der Waals surface area contributed by atoms with E-state index in [1.54, 1.807) is 11.0 Å². The maximum Gasteiger partial charge on any atom is 0.433 e. The molecule has 1 aliphatic carbocycles. The first-order valence-electron chi connectivity index (χ1n) is 9.00. The summed E-state index contributed by atoms with van der Waals surface area (Å²) in [5.74, 6) is 0.0744. The summed E-state index contributed by atoms with van der Waals surface area (Å²) in [7, 11) is 0. The van der Waals surface area contributed by atoms with Gasteiger partial charge in [-0.15, -0.1) is 0 Å². The number of hydrogen-bond donors (Lipinski definition) is 0. The summed E-state index contributed by atoms with van der Waals surface area (Å²) in [6.45, 7) is 6.80. The van der Waals surface area contributed by atoms with Crippen molar-refractivity contribution in [2.75, 3.05) is 13.1 Å². The maximum atomic E-state index is 12.8. The zero-order chi connectivity index (χ0) is 19.2. The van der Waals surface area contributed by atoms with Crippen molar-refractivity contribution in [3.8, 4) is 0 Å². The predicted molar refractivity (Wildman–Crippen MR) is 90.7 cm³/mol. The van der Waals surface area contributed by atoms with Crippen LogP contribution in [0.2, 0.25) is 0 Å². The topological polar surface area (TPSA) is 42.4 Å². The number of hydrogen-bond acceptors (Lipinski definition) is 3. The van der Waals surface area contributed by atoms with Gasteiger partial charge in [0, 0.05) is 24.7 Å². The van der Waals surface area contributed by atoms with Gasteiger partial charge in [-0.1, -0.05) is 6.07 Å². The molecule has 0 radical (unpaired) electrons. The molecule has 1 aromatic rings. The molecular formula is C19H25F3N2O2. The lowest BCUT2D eigenvalue weighted by molar-refractivity contribution is -0.141. The molecule has 26 heavy (non-hydrogen) atoms. The molecule has 0 bridgehead atoms. The van der Waals surface area contributed by atoms with Crippen molar-refractivity contribution in [1.29, 1.82) is 0 Å². The average molecular weight is 370 g/mol. The van der Waals surface area contributed by atoms with Crippen LogP contribution in [0.4, 0.5) is 18.0 Å². The molecule has 1 aliphatic heterocycles. The molecule has 0 atom stereocenters. The second kappa shape index (κ2) is 6.43. The zero-order valence-corrected chi connectivity index (χ0v) is 15.4. The summed E-state index contributed by atoms with van der Waals surface area (Å²) in [4.78, 5) is 17.7. The molecule has 1 aromatic heterocycles. The lowest BCUT2D eigenvalue weighted by Crippen LogP contribution is -2.49. The number of alkyl halides is 3. The van der Waals surface area contributed by atoms with Gasteiger partial charge in [0.05, 0.1) is 0 Å². The van der Waals surface area contributed by atoms with Crippen LogP contribution in [0.5, 0.6) is 0 Å². The van der Waals surface area contributed by atoms with Gasteiger partial charge in [-0.25, -0.2) is 9.78 Å². The summed E-state index contributed by atoms with van der Waals surface area (Å²) in [5.41, 5.74) is -0.682. The van der Waals surface area contributed by atoms with Crippen LogP contribution in [-0.2, 0) is 10.9 Å². The number of nitrogens with zero attached hydrogens (tertiary/aromatic N) is 2. The number of piperidine rings is 1. The summed E-state index contributed by atoms with van der Waals surface area (Å²) in [6.07, 6.45) is -1.30. The number of likely N-dealkylation sites (tertiary alicyclic amines) is 1. The second-order valence-electron chi connectivity index (χ2n) is 8.52. The Morgan fingerprint density at radius 2 is 1.81 bits per heavy atom. The molecule has 1 saturated heterocycles. The third-order valence-electron chi connectivity index (χ3n) is 5.31. The highest BCUT2D eigenvalue weighted by Crippen LogP contribution is 2.56. The van der Waals surface area contributed by atoms with E-state index in [-0.39, 0.29) is 17.4 Å². The zero-order valence-electron chi connectivity index (χ0n) is 15.4. The van der Waals surface area contributed by atoms with Gasteiger partial charge >= 0.3 is 12.3 Å². The molecule has 144 valence electrons. The van der Waals surface area contributed by atoms with Crippen molar-refractivity contribution in [3.63, 3.8) is 0 Å². The molecule has 3 rings (SSSR count). The quantitative estimate of drug-likeness (QED) is 0.699. The smallest absolute Gasteiger partial charge is 0.433 e. The van der Waals surface area contributed by atoms with Crippen LogP contribution in [0.25, 0.3) is 0 Å². The van der Waals surface area contributed by atoms with E-state index in [2.05, 4.69) is 4.98 Å². The number of carbonyl (C=O) groups excluding carboxylic acids is 1. The van der Waals surface area contributed by atoms with Crippen molar-refractivity contribution in [1.82, 2.24) is 9.88 Å². The minimum absolute atomic E-state index is 0.0744. The molecule has 0 unspecified atom stereocenters. The van der Waals surface area contributed by atoms with Crippen molar-refractivity contribution < 1.29 is 22.7 Å². The van der Waals surface area contributed by atoms with Gasteiger partial charge in [0.15, 0.2) is 0 Å². The van der Waals surface area contributed by atoms with Crippen LogP contribution < -0.4 is 0 Å². The summed E-state index contributed by atoms with van der Waals surface area (Å²) in [5, 5.41) is 0. The largest absolute Gasteiger partial charge is 0.444 e. The normalized spacial score (nSPS) is 20.8. The van der Waals surface area contributed by atoms with E-state index in [0.717, 1.165) is 31.7 Å². The SMILES string of the molecule is CC(C)(C)OC(=O)N1CCC2(CC1)CC(c1cccc(C(F)(F)F)n1)C2. The van der Waals surface area contributed by atoms with E-state index >= 15 is 0 Å². The van der Waals surface area contributed by atoms with E-state index in [4.69, 9.17) is 4.74 Å². The van der Waals surface area contributed by atoms with E-state index in [1.165, 1.54) is 6.07 Å². The van der Waals surface area contributed by atoms with Gasteiger partial charge in [-0.3, -0.25) is 0 Å². The Morgan fingerprint density at radius 1 is 1.19 bits per heavy atom. The number of ether oxygens (including phenoxy) is 1. The Labute approximate surface area is 151 Å². The van der Waals surface area contributed by atoms with E-state index in [1.807, 2.05) is 20.8 Å². The second-order valence-corrected chi connectivity index (χ2v) is 8.52. The van der Waals surface area contributed by atoms with Gasteiger partial charge < -0.3 is 9.64 Å². The molecule has 2 heterocycles. The number of halogens is 3. The van der Waals surface area contributed by atoms with Crippen molar-refractivity contribution in [3.05, 3.63) is 29.6 Å². The Kier molecular flexibility index (Phi) is 4.69. The van der Waals surface area contributed by atoms with Gasteiger partial charge in [-0.05, 0) is 64.0 Å². The van der Waals surface area contributed by atoms with E-state index in [0.29, 0.717) is 18.8 Å². The van der Waals surface area contributed by atoms with Crippen LogP contribution in [-0.4, -0.2) is 34.7 Å². The predicted octanol–water partition coefficient (Wildman–Crippen LogP) is 5.00. The fourth-order valence-electron chi connectivity index (χ4n) is 3.93. The van der Waals surface area contributed by atoms with Crippen LogP contribution in [0.15, 0.2) is 18.2 Å². The average Bonchev–Trinajstić information content (AvgIpc) is 2.50. The van der Waals surface area contributed by atoms with E-state index < -0.39 is 17.5 Å². The number of aromatic nitrogens is 1. The third kappa shape index (κ3) is 4.13. The minimum Gasteiger partial charge on any atom is -0.444 e. The minimum atomic E-state index is -4.41. The molecule has 0 N–H and O–H groups in total. The Morgan fingerprint density at radius 3 is 2.35 bits per heavy atom. The van der Waals surface area contributed by atoms with Crippen molar-refractivity contribution in [2.24, 2.45) is 5.41 Å². The van der Waals surface area contributed by atoms with E-state index in [9.17, 15) is 18.0 Å². The van der Waals surface area contributed by atoms with Crippen LogP contribution in [0.3, 0.4) is 0 Å². The number of rotatable bonds is 1. The van der Waals surface area contributed by atoms with Crippen molar-refractivity contribution >= 4 is 6.09 Å². The Balaban J connectivity index is 1.55. The highest BCUT2D eigenvalue weighted by atomic mass is 19.4. The first-order chi connectivity index (χ1) is 12.0. The lowest BCUT2D eigenvalue weighted by Gasteiger charge is -2.52. The molecule has 0 aromatic carbocycles. The Bertz CT molecular complexity index is 666. The number of amides is 1. The molecular weight excluding hydrogens is 345 g/mol. The molecule has 1 saturated carbocycles. The van der Waals surface area contributed by atoms with Gasteiger partial charge in [0.25, 0.3) is 0 Å². The number of pyridine rings is 1. The highest BCUT2D eigenvalue weighted by molar-refractivity contribution is 5.68. The molecule has 4 nitrogen and oxygen atoms in total. The van der Waals surface area contributed by atoms with Crippen LogP contribution in [0, 0.1) is 5.41 Å². The monoisotopic (exact) mass is 370 g/mol. The third-order valence-corrected chi connectivity index (χ3v) is 5.31. The summed E-state index contributed by atoms with van der Waals surface area (Å²) >= 11 is 0. The molecule has 7 heteroatoms.